The normalized spacial score (nSPS) is 17.8. The molecule has 7 heteroatoms. The van der Waals surface area contributed by atoms with Crippen molar-refractivity contribution in [3.8, 4) is 17.2 Å². The Balaban J connectivity index is 1.58. The molecule has 0 spiro atoms. The maximum Gasteiger partial charge on any atom is 0.254 e. The minimum absolute atomic E-state index is 0.0526. The number of hydrogen-bond donors (Lipinski definition) is 1. The Bertz CT molecular complexity index is 1300. The van der Waals surface area contributed by atoms with Crippen LogP contribution >= 0.6 is 0 Å². The molecule has 1 N–H and O–H groups in total. The largest absolute Gasteiger partial charge is 0.494 e. The smallest absolute Gasteiger partial charge is 0.254 e. The SMILES string of the molecule is CCOc1ccc(NC(=O)[C@@H]2c3ccccc3C(=O)N3CCc4cc(OCC)c(OCC)cc4[C@@H]23)cc1. The number of rotatable bonds is 8. The zero-order valence-electron chi connectivity index (χ0n) is 21.5. The number of anilines is 1. The van der Waals surface area contributed by atoms with Crippen molar-refractivity contribution in [3.63, 3.8) is 0 Å². The van der Waals surface area contributed by atoms with Crippen molar-refractivity contribution in [2.45, 2.75) is 39.2 Å². The van der Waals surface area contributed by atoms with Gasteiger partial charge in [0.2, 0.25) is 5.91 Å². The lowest BCUT2D eigenvalue weighted by molar-refractivity contribution is -0.119. The number of amides is 2. The fourth-order valence-electron chi connectivity index (χ4n) is 5.38. The van der Waals surface area contributed by atoms with Crippen LogP contribution in [0.1, 0.15) is 59.8 Å². The van der Waals surface area contributed by atoms with Gasteiger partial charge in [0.15, 0.2) is 11.5 Å². The summed E-state index contributed by atoms with van der Waals surface area (Å²) < 4.78 is 17.3. The van der Waals surface area contributed by atoms with Gasteiger partial charge >= 0.3 is 0 Å². The second-order valence-electron chi connectivity index (χ2n) is 9.07. The molecule has 37 heavy (non-hydrogen) atoms. The van der Waals surface area contributed by atoms with Crippen molar-refractivity contribution in [1.29, 1.82) is 0 Å². The van der Waals surface area contributed by atoms with E-state index in [9.17, 15) is 9.59 Å². The lowest BCUT2D eigenvalue weighted by Gasteiger charge is -2.45. The summed E-state index contributed by atoms with van der Waals surface area (Å²) in [5.41, 5.74) is 3.97. The Morgan fingerprint density at radius 3 is 2.27 bits per heavy atom. The molecule has 0 aliphatic carbocycles. The molecule has 0 radical (unpaired) electrons. The first-order chi connectivity index (χ1) is 18.0. The van der Waals surface area contributed by atoms with Gasteiger partial charge in [0, 0.05) is 17.8 Å². The minimum atomic E-state index is -0.591. The van der Waals surface area contributed by atoms with Gasteiger partial charge in [-0.1, -0.05) is 18.2 Å². The highest BCUT2D eigenvalue weighted by atomic mass is 16.5. The minimum Gasteiger partial charge on any atom is -0.494 e. The van der Waals surface area contributed by atoms with Crippen molar-refractivity contribution < 1.29 is 23.8 Å². The number of ether oxygens (including phenoxy) is 3. The molecule has 0 saturated carbocycles. The van der Waals surface area contributed by atoms with Crippen LogP contribution in [0.5, 0.6) is 17.2 Å². The highest BCUT2D eigenvalue weighted by Gasteiger charge is 2.46. The molecule has 2 amide bonds. The highest BCUT2D eigenvalue weighted by Crippen LogP contribution is 2.48. The van der Waals surface area contributed by atoms with Gasteiger partial charge in [-0.15, -0.1) is 0 Å². The number of carbonyl (C=O) groups excluding carboxylic acids is 2. The second-order valence-corrected chi connectivity index (χ2v) is 9.07. The zero-order chi connectivity index (χ0) is 25.9. The van der Waals surface area contributed by atoms with E-state index in [1.54, 1.807) is 0 Å². The van der Waals surface area contributed by atoms with E-state index >= 15 is 0 Å². The van der Waals surface area contributed by atoms with Crippen LogP contribution < -0.4 is 19.5 Å². The fourth-order valence-corrected chi connectivity index (χ4v) is 5.38. The van der Waals surface area contributed by atoms with E-state index < -0.39 is 12.0 Å². The van der Waals surface area contributed by atoms with E-state index in [4.69, 9.17) is 14.2 Å². The molecule has 192 valence electrons. The van der Waals surface area contributed by atoms with Crippen LogP contribution in [0.3, 0.4) is 0 Å². The molecular formula is C30H32N2O5. The quantitative estimate of drug-likeness (QED) is 0.451. The molecule has 3 aromatic rings. The summed E-state index contributed by atoms with van der Waals surface area (Å²) in [6.07, 6.45) is 0.680. The van der Waals surface area contributed by atoms with Gasteiger partial charge in [-0.25, -0.2) is 0 Å². The summed E-state index contributed by atoms with van der Waals surface area (Å²) in [5.74, 6) is 1.25. The summed E-state index contributed by atoms with van der Waals surface area (Å²) in [5, 5.41) is 3.08. The molecule has 7 nitrogen and oxygen atoms in total. The highest BCUT2D eigenvalue weighted by molar-refractivity contribution is 6.04. The van der Waals surface area contributed by atoms with Crippen LogP contribution in [-0.2, 0) is 11.2 Å². The van der Waals surface area contributed by atoms with Gasteiger partial charge in [0.25, 0.3) is 5.91 Å². The topological polar surface area (TPSA) is 77.1 Å². The lowest BCUT2D eigenvalue weighted by atomic mass is 9.75. The predicted molar refractivity (Wildman–Crippen MR) is 142 cm³/mol. The standard InChI is InChI=1S/C30H32N2O5/c1-4-35-21-13-11-20(12-14-21)31-29(33)27-22-9-7-8-10-23(22)30(34)32-16-15-19-17-25(36-5-2)26(37-6-3)18-24(19)28(27)32/h7-14,17-18,27-28H,4-6,15-16H2,1-3H3,(H,31,33)/t27-,28+/m1/s1. The van der Waals surface area contributed by atoms with E-state index in [1.807, 2.05) is 86.3 Å². The Labute approximate surface area is 217 Å². The summed E-state index contributed by atoms with van der Waals surface area (Å²) in [4.78, 5) is 29.4. The second kappa shape index (κ2) is 10.5. The van der Waals surface area contributed by atoms with E-state index in [-0.39, 0.29) is 11.8 Å². The van der Waals surface area contributed by atoms with Crippen molar-refractivity contribution in [2.75, 3.05) is 31.7 Å². The molecule has 0 bridgehead atoms. The Morgan fingerprint density at radius 2 is 1.57 bits per heavy atom. The van der Waals surface area contributed by atoms with E-state index in [0.29, 0.717) is 55.5 Å². The first kappa shape index (κ1) is 24.7. The molecule has 2 aliphatic rings. The Hall–Kier alpha value is -4.00. The summed E-state index contributed by atoms with van der Waals surface area (Å²) in [6.45, 7) is 7.90. The molecule has 2 aliphatic heterocycles. The van der Waals surface area contributed by atoms with Crippen LogP contribution in [0.2, 0.25) is 0 Å². The molecule has 0 unspecified atom stereocenters. The van der Waals surface area contributed by atoms with Crippen LogP contribution in [0.25, 0.3) is 0 Å². The van der Waals surface area contributed by atoms with E-state index in [0.717, 1.165) is 22.4 Å². The molecule has 2 atom stereocenters. The Kier molecular flexibility index (Phi) is 7.04. The molecule has 2 heterocycles. The predicted octanol–water partition coefficient (Wildman–Crippen LogP) is 5.36. The van der Waals surface area contributed by atoms with Gasteiger partial charge in [-0.2, -0.15) is 0 Å². The molecule has 3 aromatic carbocycles. The Morgan fingerprint density at radius 1 is 0.892 bits per heavy atom. The lowest BCUT2D eigenvalue weighted by Crippen LogP contribution is -2.49. The summed E-state index contributed by atoms with van der Waals surface area (Å²) in [6, 6.07) is 18.3. The molecular weight excluding hydrogens is 468 g/mol. The van der Waals surface area contributed by atoms with Crippen LogP contribution in [0, 0.1) is 0 Å². The van der Waals surface area contributed by atoms with Crippen LogP contribution in [-0.4, -0.2) is 43.1 Å². The number of hydrogen-bond acceptors (Lipinski definition) is 5. The molecule has 0 fully saturated rings. The average molecular weight is 501 g/mol. The van der Waals surface area contributed by atoms with Crippen molar-refractivity contribution in [1.82, 2.24) is 4.90 Å². The summed E-state index contributed by atoms with van der Waals surface area (Å²) in [7, 11) is 0. The van der Waals surface area contributed by atoms with Gasteiger partial charge < -0.3 is 24.4 Å². The van der Waals surface area contributed by atoms with Gasteiger partial charge in [0.1, 0.15) is 5.75 Å². The third-order valence-electron chi connectivity index (χ3n) is 6.90. The monoisotopic (exact) mass is 500 g/mol. The van der Waals surface area contributed by atoms with E-state index in [1.165, 1.54) is 0 Å². The number of carbonyl (C=O) groups is 2. The average Bonchev–Trinajstić information content (AvgIpc) is 2.91. The maximum absolute atomic E-state index is 14.0. The number of nitrogens with zero attached hydrogens (tertiary/aromatic N) is 1. The van der Waals surface area contributed by atoms with Crippen molar-refractivity contribution >= 4 is 17.5 Å². The number of benzene rings is 3. The third-order valence-corrected chi connectivity index (χ3v) is 6.90. The third kappa shape index (κ3) is 4.61. The number of fused-ring (bicyclic) bond motifs is 4. The first-order valence-corrected chi connectivity index (χ1v) is 12.9. The molecule has 0 saturated heterocycles. The fraction of sp³-hybridized carbons (Fsp3) is 0.333. The zero-order valence-corrected chi connectivity index (χ0v) is 21.5. The van der Waals surface area contributed by atoms with Gasteiger partial charge in [-0.3, -0.25) is 9.59 Å². The first-order valence-electron chi connectivity index (χ1n) is 12.9. The van der Waals surface area contributed by atoms with E-state index in [2.05, 4.69) is 5.32 Å². The van der Waals surface area contributed by atoms with Crippen molar-refractivity contribution in [2.24, 2.45) is 0 Å². The molecule has 0 aromatic heterocycles. The summed E-state index contributed by atoms with van der Waals surface area (Å²) >= 11 is 0. The molecule has 5 rings (SSSR count). The van der Waals surface area contributed by atoms with Crippen LogP contribution in [0.15, 0.2) is 60.7 Å². The van der Waals surface area contributed by atoms with Crippen LogP contribution in [0.4, 0.5) is 5.69 Å². The number of nitrogens with one attached hydrogen (secondary N) is 1. The van der Waals surface area contributed by atoms with Crippen molar-refractivity contribution in [3.05, 3.63) is 82.9 Å². The van der Waals surface area contributed by atoms with Gasteiger partial charge in [-0.05, 0) is 86.3 Å². The van der Waals surface area contributed by atoms with Gasteiger partial charge in [0.05, 0.1) is 31.8 Å². The maximum atomic E-state index is 14.0.